The maximum atomic E-state index is 6.02. The van der Waals surface area contributed by atoms with Crippen LogP contribution in [0.3, 0.4) is 0 Å². The van der Waals surface area contributed by atoms with Crippen LogP contribution in [-0.4, -0.2) is 19.5 Å². The summed E-state index contributed by atoms with van der Waals surface area (Å²) in [6.07, 6.45) is 1.51. The zero-order valence-corrected chi connectivity index (χ0v) is 12.5. The second kappa shape index (κ2) is 4.26. The number of aromatic nitrogens is 4. The number of thiazole rings is 1. The fraction of sp³-hybridized carbons (Fsp3) is 0.133. The van der Waals surface area contributed by atoms with Crippen LogP contribution in [-0.2, 0) is 0 Å². The minimum Gasteiger partial charge on any atom is -0.383 e. The van der Waals surface area contributed by atoms with E-state index in [0.29, 0.717) is 5.82 Å². The number of aryl methyl sites for hydroxylation is 1. The summed E-state index contributed by atoms with van der Waals surface area (Å²) >= 11 is 1.64. The molecule has 5 nitrogen and oxygen atoms in total. The number of benzene rings is 1. The molecule has 0 bridgehead atoms. The van der Waals surface area contributed by atoms with Gasteiger partial charge in [0.1, 0.15) is 12.1 Å². The zero-order valence-electron chi connectivity index (χ0n) is 11.7. The first-order valence-electron chi connectivity index (χ1n) is 6.58. The van der Waals surface area contributed by atoms with Crippen molar-refractivity contribution in [2.45, 2.75) is 13.8 Å². The molecule has 1 aromatic carbocycles. The highest BCUT2D eigenvalue weighted by Gasteiger charge is 2.16. The molecule has 4 rings (SSSR count). The van der Waals surface area contributed by atoms with Crippen LogP contribution < -0.4 is 5.73 Å². The second-order valence-electron chi connectivity index (χ2n) is 5.01. The molecule has 0 aliphatic carbocycles. The number of anilines is 1. The Bertz CT molecular complexity index is 982. The number of nitrogens with zero attached hydrogens (tertiary/aromatic N) is 4. The lowest BCUT2D eigenvalue weighted by molar-refractivity contribution is 1.02. The number of nitrogen functional groups attached to an aromatic ring is 1. The van der Waals surface area contributed by atoms with Crippen LogP contribution >= 0.6 is 11.3 Å². The predicted molar refractivity (Wildman–Crippen MR) is 85.9 cm³/mol. The second-order valence-corrected chi connectivity index (χ2v) is 5.89. The molecule has 2 N–H and O–H groups in total. The summed E-state index contributed by atoms with van der Waals surface area (Å²) in [6.45, 7) is 4.13. The van der Waals surface area contributed by atoms with E-state index >= 15 is 0 Å². The minimum absolute atomic E-state index is 0.526. The van der Waals surface area contributed by atoms with Gasteiger partial charge >= 0.3 is 0 Å². The summed E-state index contributed by atoms with van der Waals surface area (Å²) in [5.74, 6) is 0.526. The molecule has 0 aliphatic heterocycles. The molecule has 0 saturated heterocycles. The van der Waals surface area contributed by atoms with Gasteiger partial charge in [-0.05, 0) is 37.6 Å². The van der Waals surface area contributed by atoms with Crippen molar-refractivity contribution in [1.82, 2.24) is 19.5 Å². The molecule has 6 heteroatoms. The molecular formula is C15H13N5S. The monoisotopic (exact) mass is 295 g/mol. The van der Waals surface area contributed by atoms with Gasteiger partial charge in [0.05, 0.1) is 21.1 Å². The number of fused-ring (bicyclic) bond motifs is 2. The molecule has 3 heterocycles. The summed E-state index contributed by atoms with van der Waals surface area (Å²) in [4.78, 5) is 12.9. The van der Waals surface area contributed by atoms with Crippen molar-refractivity contribution in [3.63, 3.8) is 0 Å². The molecule has 0 unspecified atom stereocenters. The van der Waals surface area contributed by atoms with Crippen LogP contribution in [0.2, 0.25) is 0 Å². The summed E-state index contributed by atoms with van der Waals surface area (Å²) in [5.41, 5.74) is 13.1. The molecule has 3 aromatic heterocycles. The standard InChI is InChI=1S/C15H13N5S/c1-8-9(2)20(15-13(8)14(16)17-6-18-15)10-3-4-11-12(5-10)21-7-19-11/h3-7H,1-2H3,(H2,16,17,18). The van der Waals surface area contributed by atoms with E-state index in [9.17, 15) is 0 Å². The number of hydrogen-bond donors (Lipinski definition) is 1. The Morgan fingerprint density at radius 3 is 2.86 bits per heavy atom. The van der Waals surface area contributed by atoms with Crippen LogP contribution in [0.4, 0.5) is 5.82 Å². The van der Waals surface area contributed by atoms with Gasteiger partial charge in [0.15, 0.2) is 5.65 Å². The number of hydrogen-bond acceptors (Lipinski definition) is 5. The van der Waals surface area contributed by atoms with E-state index in [0.717, 1.165) is 38.2 Å². The van der Waals surface area contributed by atoms with Crippen molar-refractivity contribution >= 4 is 38.4 Å². The van der Waals surface area contributed by atoms with E-state index in [4.69, 9.17) is 5.73 Å². The van der Waals surface area contributed by atoms with E-state index in [-0.39, 0.29) is 0 Å². The lowest BCUT2D eigenvalue weighted by Crippen LogP contribution is -1.99. The molecule has 21 heavy (non-hydrogen) atoms. The first-order chi connectivity index (χ1) is 10.2. The third-order valence-electron chi connectivity index (χ3n) is 3.89. The van der Waals surface area contributed by atoms with Crippen molar-refractivity contribution in [2.75, 3.05) is 5.73 Å². The Morgan fingerprint density at radius 2 is 2.00 bits per heavy atom. The first kappa shape index (κ1) is 12.3. The van der Waals surface area contributed by atoms with Gasteiger partial charge in [0.2, 0.25) is 0 Å². The summed E-state index contributed by atoms with van der Waals surface area (Å²) < 4.78 is 3.29. The Balaban J connectivity index is 2.10. The first-order valence-corrected chi connectivity index (χ1v) is 7.46. The van der Waals surface area contributed by atoms with E-state index in [2.05, 4.69) is 45.5 Å². The van der Waals surface area contributed by atoms with Gasteiger partial charge in [-0.2, -0.15) is 0 Å². The lowest BCUT2D eigenvalue weighted by Gasteiger charge is -2.07. The van der Waals surface area contributed by atoms with E-state index in [1.807, 2.05) is 11.6 Å². The molecule has 0 saturated carbocycles. The van der Waals surface area contributed by atoms with Crippen LogP contribution in [0.15, 0.2) is 30.0 Å². The van der Waals surface area contributed by atoms with Crippen molar-refractivity contribution in [3.05, 3.63) is 41.3 Å². The fourth-order valence-corrected chi connectivity index (χ4v) is 3.44. The predicted octanol–water partition coefficient (Wildman–Crippen LogP) is 3.23. The average molecular weight is 295 g/mol. The molecular weight excluding hydrogens is 282 g/mol. The van der Waals surface area contributed by atoms with Crippen LogP contribution in [0.1, 0.15) is 11.3 Å². The van der Waals surface area contributed by atoms with E-state index in [1.165, 1.54) is 6.33 Å². The molecule has 0 atom stereocenters. The van der Waals surface area contributed by atoms with Gasteiger partial charge in [-0.15, -0.1) is 11.3 Å². The SMILES string of the molecule is Cc1c(C)n(-c2ccc3ncsc3c2)c2ncnc(N)c12. The maximum absolute atomic E-state index is 6.02. The molecule has 104 valence electrons. The average Bonchev–Trinajstić information content (AvgIpc) is 3.03. The highest BCUT2D eigenvalue weighted by molar-refractivity contribution is 7.16. The highest BCUT2D eigenvalue weighted by Crippen LogP contribution is 2.31. The highest BCUT2D eigenvalue weighted by atomic mass is 32.1. The van der Waals surface area contributed by atoms with E-state index in [1.54, 1.807) is 11.3 Å². The van der Waals surface area contributed by atoms with Crippen molar-refractivity contribution in [1.29, 1.82) is 0 Å². The lowest BCUT2D eigenvalue weighted by atomic mass is 10.2. The normalized spacial score (nSPS) is 11.5. The zero-order chi connectivity index (χ0) is 14.6. The van der Waals surface area contributed by atoms with Gasteiger partial charge in [0.25, 0.3) is 0 Å². The van der Waals surface area contributed by atoms with Gasteiger partial charge in [-0.25, -0.2) is 15.0 Å². The molecule has 0 amide bonds. The largest absolute Gasteiger partial charge is 0.383 e. The van der Waals surface area contributed by atoms with Crippen LogP contribution in [0.25, 0.3) is 26.9 Å². The molecule has 0 aliphatic rings. The van der Waals surface area contributed by atoms with E-state index < -0.39 is 0 Å². The van der Waals surface area contributed by atoms with Crippen molar-refractivity contribution in [2.24, 2.45) is 0 Å². The molecule has 4 aromatic rings. The van der Waals surface area contributed by atoms with Gasteiger partial charge in [-0.1, -0.05) is 0 Å². The summed E-state index contributed by atoms with van der Waals surface area (Å²) in [5, 5.41) is 0.930. The topological polar surface area (TPSA) is 69.6 Å². The summed E-state index contributed by atoms with van der Waals surface area (Å²) in [6, 6.07) is 6.23. The molecule has 0 radical (unpaired) electrons. The van der Waals surface area contributed by atoms with Crippen molar-refractivity contribution in [3.8, 4) is 5.69 Å². The van der Waals surface area contributed by atoms with Gasteiger partial charge in [-0.3, -0.25) is 4.57 Å². The molecule has 0 fully saturated rings. The summed E-state index contributed by atoms with van der Waals surface area (Å²) in [7, 11) is 0. The Hall–Kier alpha value is -2.47. The van der Waals surface area contributed by atoms with Gasteiger partial charge < -0.3 is 5.73 Å². The van der Waals surface area contributed by atoms with Gasteiger partial charge in [0, 0.05) is 11.4 Å². The Labute approximate surface area is 125 Å². The third kappa shape index (κ3) is 1.66. The Morgan fingerprint density at radius 1 is 1.14 bits per heavy atom. The maximum Gasteiger partial charge on any atom is 0.150 e. The number of rotatable bonds is 1. The minimum atomic E-state index is 0.526. The third-order valence-corrected chi connectivity index (χ3v) is 4.69. The number of nitrogens with two attached hydrogens (primary N) is 1. The fourth-order valence-electron chi connectivity index (χ4n) is 2.73. The van der Waals surface area contributed by atoms with Crippen LogP contribution in [0.5, 0.6) is 0 Å². The van der Waals surface area contributed by atoms with Crippen LogP contribution in [0, 0.1) is 13.8 Å². The quantitative estimate of drug-likeness (QED) is 0.585. The Kier molecular flexibility index (Phi) is 2.49. The molecule has 0 spiro atoms. The van der Waals surface area contributed by atoms with Crippen molar-refractivity contribution < 1.29 is 0 Å². The smallest absolute Gasteiger partial charge is 0.150 e.